The van der Waals surface area contributed by atoms with E-state index in [-0.39, 0.29) is 12.1 Å². The Morgan fingerprint density at radius 1 is 0.946 bits per heavy atom. The second-order valence-electron chi connectivity index (χ2n) is 8.49. The van der Waals surface area contributed by atoms with Gasteiger partial charge in [-0.15, -0.1) is 0 Å². The van der Waals surface area contributed by atoms with Gasteiger partial charge in [0.2, 0.25) is 6.41 Å². The van der Waals surface area contributed by atoms with E-state index in [9.17, 15) is 19.2 Å². The lowest BCUT2D eigenvalue weighted by Crippen LogP contribution is -2.31. The van der Waals surface area contributed by atoms with Gasteiger partial charge in [0, 0.05) is 5.56 Å². The highest BCUT2D eigenvalue weighted by Crippen LogP contribution is 2.35. The molecule has 2 atom stereocenters. The van der Waals surface area contributed by atoms with E-state index in [1.165, 1.54) is 14.2 Å². The minimum Gasteiger partial charge on any atom is -0.469 e. The van der Waals surface area contributed by atoms with E-state index in [1.807, 2.05) is 0 Å². The Morgan fingerprint density at radius 3 is 2.32 bits per heavy atom. The number of fused-ring (bicyclic) bond motifs is 2. The first-order chi connectivity index (χ1) is 17.9. The highest BCUT2D eigenvalue weighted by molar-refractivity contribution is 6.03. The quantitative estimate of drug-likeness (QED) is 0.120. The molecule has 0 aliphatic carbocycles. The van der Waals surface area contributed by atoms with E-state index in [1.54, 1.807) is 36.4 Å². The van der Waals surface area contributed by atoms with Crippen molar-refractivity contribution in [3.8, 4) is 0 Å². The molecule has 10 nitrogen and oxygen atoms in total. The van der Waals surface area contributed by atoms with Crippen LogP contribution < -0.4 is 5.32 Å². The van der Waals surface area contributed by atoms with Crippen molar-refractivity contribution < 1.29 is 33.4 Å². The van der Waals surface area contributed by atoms with Crippen molar-refractivity contribution >= 4 is 46.4 Å². The zero-order valence-corrected chi connectivity index (χ0v) is 21.2. The molecule has 0 fully saturated rings. The smallest absolute Gasteiger partial charge is 0.340 e. The predicted molar refractivity (Wildman–Crippen MR) is 136 cm³/mol. The van der Waals surface area contributed by atoms with Gasteiger partial charge in [-0.1, -0.05) is 50.8 Å². The fraction of sp³-hybridized carbons (Fsp3) is 0.407. The van der Waals surface area contributed by atoms with Gasteiger partial charge in [0.05, 0.1) is 42.3 Å². The van der Waals surface area contributed by atoms with Crippen LogP contribution in [0.25, 0.3) is 22.1 Å². The third kappa shape index (κ3) is 6.58. The minimum atomic E-state index is -1.03. The molecular formula is C27H31N3O7. The number of nitrogens with one attached hydrogen (secondary N) is 1. The number of methoxy groups -OCH3 is 2. The lowest BCUT2D eigenvalue weighted by atomic mass is 9.89. The minimum absolute atomic E-state index is 0.270. The average Bonchev–Trinajstić information content (AvgIpc) is 2.92. The number of ether oxygens (including phenoxy) is 3. The number of rotatable bonds is 13. The summed E-state index contributed by atoms with van der Waals surface area (Å²) < 4.78 is 15.7. The number of amides is 1. The van der Waals surface area contributed by atoms with Crippen LogP contribution in [0.4, 0.5) is 0 Å². The Hall–Kier alpha value is -4.08. The van der Waals surface area contributed by atoms with Crippen LogP contribution in [0.3, 0.4) is 0 Å². The van der Waals surface area contributed by atoms with Crippen LogP contribution in [0.1, 0.15) is 61.1 Å². The van der Waals surface area contributed by atoms with E-state index in [0.29, 0.717) is 40.5 Å². The van der Waals surface area contributed by atoms with E-state index >= 15 is 0 Å². The fourth-order valence-corrected chi connectivity index (χ4v) is 4.25. The molecule has 2 aromatic carbocycles. The number of carbonyl (C=O) groups is 4. The molecule has 0 aliphatic rings. The van der Waals surface area contributed by atoms with Crippen molar-refractivity contribution in [3.05, 3.63) is 47.5 Å². The van der Waals surface area contributed by atoms with E-state index < -0.39 is 29.9 Å². The average molecular weight is 510 g/mol. The Bertz CT molecular complexity index is 1280. The number of benzene rings is 2. The van der Waals surface area contributed by atoms with Crippen LogP contribution >= 0.6 is 0 Å². The number of nitrogens with zero attached hydrogens (tertiary/aromatic N) is 2. The van der Waals surface area contributed by atoms with Crippen LogP contribution in [0, 0.1) is 5.92 Å². The zero-order valence-electron chi connectivity index (χ0n) is 21.2. The van der Waals surface area contributed by atoms with Crippen molar-refractivity contribution in [1.82, 2.24) is 15.3 Å². The van der Waals surface area contributed by atoms with Crippen LogP contribution in [-0.4, -0.2) is 55.1 Å². The molecule has 2 unspecified atom stereocenters. The molecule has 1 N–H and O–H groups in total. The van der Waals surface area contributed by atoms with Gasteiger partial charge in [0.15, 0.2) is 0 Å². The van der Waals surface area contributed by atoms with E-state index in [4.69, 9.17) is 19.2 Å². The predicted octanol–water partition coefficient (Wildman–Crippen LogP) is 3.66. The monoisotopic (exact) mass is 509 g/mol. The zero-order chi connectivity index (χ0) is 26.8. The lowest BCUT2D eigenvalue weighted by Gasteiger charge is -2.26. The molecule has 1 heterocycles. The van der Waals surface area contributed by atoms with Crippen LogP contribution in [0.5, 0.6) is 0 Å². The second kappa shape index (κ2) is 13.3. The summed E-state index contributed by atoms with van der Waals surface area (Å²) in [5, 5.41) is 2.29. The molecule has 1 aromatic heterocycles. The highest BCUT2D eigenvalue weighted by atomic mass is 16.6. The van der Waals surface area contributed by atoms with Gasteiger partial charge in [-0.05, 0) is 24.6 Å². The third-order valence-electron chi connectivity index (χ3n) is 6.06. The highest BCUT2D eigenvalue weighted by Gasteiger charge is 2.35. The molecule has 0 radical (unpaired) electrons. The van der Waals surface area contributed by atoms with Crippen molar-refractivity contribution in [3.63, 3.8) is 0 Å². The Balaban J connectivity index is 2.15. The Morgan fingerprint density at radius 2 is 1.65 bits per heavy atom. The first-order valence-electron chi connectivity index (χ1n) is 12.2. The van der Waals surface area contributed by atoms with Crippen molar-refractivity contribution in [2.45, 2.75) is 45.1 Å². The molecule has 196 valence electrons. The van der Waals surface area contributed by atoms with E-state index in [2.05, 4.69) is 17.2 Å². The number of hydrogen-bond donors (Lipinski definition) is 1. The maximum absolute atomic E-state index is 12.9. The first kappa shape index (κ1) is 27.5. The molecule has 37 heavy (non-hydrogen) atoms. The largest absolute Gasteiger partial charge is 0.469 e. The van der Waals surface area contributed by atoms with Crippen molar-refractivity contribution in [1.29, 1.82) is 0 Å². The summed E-state index contributed by atoms with van der Waals surface area (Å²) in [4.78, 5) is 57.9. The van der Waals surface area contributed by atoms with Crippen LogP contribution in [-0.2, 0) is 28.6 Å². The number of unbranched alkanes of at least 4 members (excludes halogenated alkanes) is 3. The Kier molecular flexibility index (Phi) is 9.88. The van der Waals surface area contributed by atoms with Gasteiger partial charge in [-0.3, -0.25) is 14.4 Å². The Labute approximate surface area is 214 Å². The summed E-state index contributed by atoms with van der Waals surface area (Å²) in [7, 11) is 2.58. The number of hydrogen-bond acceptors (Lipinski definition) is 9. The molecule has 0 bridgehead atoms. The van der Waals surface area contributed by atoms with Gasteiger partial charge in [0.1, 0.15) is 18.2 Å². The summed E-state index contributed by atoms with van der Waals surface area (Å²) in [6.07, 6.45) is 3.47. The molecule has 0 aliphatic heterocycles. The van der Waals surface area contributed by atoms with Gasteiger partial charge in [-0.25, -0.2) is 14.8 Å². The molecule has 3 rings (SSSR count). The van der Waals surface area contributed by atoms with Crippen LogP contribution in [0.2, 0.25) is 0 Å². The standard InChI is InChI=1S/C27H31N3O7/c1-4-5-6-7-10-19(27(34)36-3)25(37-22(32)15-28-16-31)17-11-8-13-20-23(17)29-21-14-9-12-18(24(21)30-20)26(33)35-2/h8-9,11-14,16,19,25H,4-7,10,15H2,1-3H3,(H,28,31). The van der Waals surface area contributed by atoms with Crippen molar-refractivity contribution in [2.75, 3.05) is 20.8 Å². The lowest BCUT2D eigenvalue weighted by molar-refractivity contribution is -0.161. The molecule has 0 saturated carbocycles. The summed E-state index contributed by atoms with van der Waals surface area (Å²) in [5.74, 6) is -2.57. The van der Waals surface area contributed by atoms with Gasteiger partial charge < -0.3 is 19.5 Å². The van der Waals surface area contributed by atoms with Crippen molar-refractivity contribution in [2.24, 2.45) is 5.92 Å². The molecule has 0 saturated heterocycles. The summed E-state index contributed by atoms with van der Waals surface area (Å²) in [5.41, 5.74) is 2.41. The van der Waals surface area contributed by atoms with E-state index in [0.717, 1.165) is 25.7 Å². The van der Waals surface area contributed by atoms with Gasteiger partial charge in [-0.2, -0.15) is 0 Å². The SMILES string of the molecule is CCCCCCC(C(=O)OC)C(OC(=O)CNC=O)c1cccc2nc3c(C(=O)OC)cccc3nc12. The van der Waals surface area contributed by atoms with Crippen LogP contribution in [0.15, 0.2) is 36.4 Å². The maximum atomic E-state index is 12.9. The number of carbonyl (C=O) groups excluding carboxylic acids is 4. The molecule has 1 amide bonds. The van der Waals surface area contributed by atoms with Gasteiger partial charge in [0.25, 0.3) is 0 Å². The second-order valence-corrected chi connectivity index (χ2v) is 8.49. The maximum Gasteiger partial charge on any atom is 0.340 e. The van der Waals surface area contributed by atoms with Gasteiger partial charge >= 0.3 is 17.9 Å². The molecule has 0 spiro atoms. The summed E-state index contributed by atoms with van der Waals surface area (Å²) in [6, 6.07) is 10.1. The normalized spacial score (nSPS) is 12.5. The summed E-state index contributed by atoms with van der Waals surface area (Å²) in [6.45, 7) is 1.73. The topological polar surface area (TPSA) is 134 Å². The number of aromatic nitrogens is 2. The first-order valence-corrected chi connectivity index (χ1v) is 12.2. The molecule has 10 heteroatoms. The third-order valence-corrected chi connectivity index (χ3v) is 6.06. The number of esters is 3. The molecule has 3 aromatic rings. The fourth-order valence-electron chi connectivity index (χ4n) is 4.25. The molecular weight excluding hydrogens is 478 g/mol. The summed E-state index contributed by atoms with van der Waals surface area (Å²) >= 11 is 0. The number of para-hydroxylation sites is 2.